The number of carbonyl (C=O) groups excluding carboxylic acids is 1. The monoisotopic (exact) mass is 374 g/mol. The number of carbonyl (C=O) groups is 1. The van der Waals surface area contributed by atoms with Gasteiger partial charge in [-0.3, -0.25) is 4.79 Å². The Bertz CT molecular complexity index is 1360. The van der Waals surface area contributed by atoms with Crippen LogP contribution in [-0.2, 0) is 0 Å². The van der Waals surface area contributed by atoms with Gasteiger partial charge >= 0.3 is 0 Å². The second-order valence-corrected chi connectivity index (χ2v) is 6.90. The first-order valence-electron chi connectivity index (χ1n) is 9.54. The second-order valence-electron chi connectivity index (χ2n) is 6.90. The summed E-state index contributed by atoms with van der Waals surface area (Å²) in [5, 5.41) is 2.95. The molecular formula is C26H18N2O. The minimum Gasteiger partial charge on any atom is -0.360 e. The Labute approximate surface area is 168 Å². The summed E-state index contributed by atoms with van der Waals surface area (Å²) in [4.78, 5) is 21.8. The summed E-state index contributed by atoms with van der Waals surface area (Å²) < 4.78 is 0. The molecule has 0 atom stereocenters. The van der Waals surface area contributed by atoms with Crippen LogP contribution in [0, 0.1) is 0 Å². The highest BCUT2D eigenvalue weighted by atomic mass is 16.1. The quantitative estimate of drug-likeness (QED) is 0.290. The number of benzene rings is 4. The largest absolute Gasteiger partial charge is 0.360 e. The maximum Gasteiger partial charge on any atom is 0.212 e. The number of hydrogen-bond donors (Lipinski definition) is 1. The summed E-state index contributed by atoms with van der Waals surface area (Å²) >= 11 is 0. The lowest BCUT2D eigenvalue weighted by Gasteiger charge is -2.09. The molecule has 0 bridgehead atoms. The van der Waals surface area contributed by atoms with Crippen LogP contribution in [0.2, 0.25) is 0 Å². The van der Waals surface area contributed by atoms with Crippen molar-refractivity contribution >= 4 is 38.9 Å². The lowest BCUT2D eigenvalue weighted by molar-refractivity contribution is 0.106. The summed E-state index contributed by atoms with van der Waals surface area (Å²) in [7, 11) is 0. The maximum atomic E-state index is 13.8. The molecule has 1 aromatic heterocycles. The van der Waals surface area contributed by atoms with Crippen LogP contribution in [0.1, 0.15) is 15.9 Å². The van der Waals surface area contributed by atoms with Crippen LogP contribution in [-0.4, -0.2) is 16.5 Å². The number of hydrogen-bond acceptors (Lipinski definition) is 2. The van der Waals surface area contributed by atoms with Gasteiger partial charge in [0.1, 0.15) is 5.71 Å². The van der Waals surface area contributed by atoms with Gasteiger partial charge in [0.25, 0.3) is 0 Å². The van der Waals surface area contributed by atoms with E-state index in [2.05, 4.69) is 4.98 Å². The standard InChI is InChI=1S/C26H18N2O/c29-26(22-15-8-10-18-9-4-5-13-20(18)22)25(28-19-11-2-1-3-12-19)23-17-27-24-16-7-6-14-21(23)24/h1-17,27H. The van der Waals surface area contributed by atoms with Gasteiger partial charge in [0.2, 0.25) is 5.78 Å². The average Bonchev–Trinajstić information content (AvgIpc) is 3.21. The van der Waals surface area contributed by atoms with Crippen LogP contribution in [0.3, 0.4) is 0 Å². The SMILES string of the molecule is O=C(C(=Nc1ccccc1)c1c[nH]c2ccccc12)c1cccc2ccccc12. The van der Waals surface area contributed by atoms with Gasteiger partial charge in [0.15, 0.2) is 0 Å². The molecule has 0 spiro atoms. The minimum absolute atomic E-state index is 0.0876. The molecule has 3 heteroatoms. The molecule has 1 heterocycles. The van der Waals surface area contributed by atoms with E-state index in [1.807, 2.05) is 103 Å². The van der Waals surface area contributed by atoms with Gasteiger partial charge < -0.3 is 4.98 Å². The molecule has 138 valence electrons. The molecule has 5 rings (SSSR count). The van der Waals surface area contributed by atoms with Gasteiger partial charge in [-0.25, -0.2) is 4.99 Å². The lowest BCUT2D eigenvalue weighted by Crippen LogP contribution is -2.16. The molecular weight excluding hydrogens is 356 g/mol. The zero-order valence-electron chi connectivity index (χ0n) is 15.7. The molecule has 0 aliphatic carbocycles. The normalized spacial score (nSPS) is 11.8. The number of ketones is 1. The molecule has 0 amide bonds. The molecule has 1 N–H and O–H groups in total. The number of nitrogens with one attached hydrogen (secondary N) is 1. The van der Waals surface area contributed by atoms with Crippen LogP contribution in [0.25, 0.3) is 21.7 Å². The van der Waals surface area contributed by atoms with E-state index < -0.39 is 0 Å². The van der Waals surface area contributed by atoms with Gasteiger partial charge in [0, 0.05) is 28.2 Å². The fourth-order valence-corrected chi connectivity index (χ4v) is 3.68. The number of para-hydroxylation sites is 2. The van der Waals surface area contributed by atoms with Gasteiger partial charge in [-0.2, -0.15) is 0 Å². The Kier molecular flexibility index (Phi) is 4.26. The van der Waals surface area contributed by atoms with Gasteiger partial charge in [-0.15, -0.1) is 0 Å². The van der Waals surface area contributed by atoms with Crippen LogP contribution in [0.4, 0.5) is 5.69 Å². The molecule has 4 aromatic carbocycles. The molecule has 3 nitrogen and oxygen atoms in total. The smallest absolute Gasteiger partial charge is 0.212 e. The lowest BCUT2D eigenvalue weighted by atomic mass is 9.95. The predicted molar refractivity (Wildman–Crippen MR) is 119 cm³/mol. The number of aliphatic imine (C=N–C) groups is 1. The first-order valence-corrected chi connectivity index (χ1v) is 9.54. The third-order valence-corrected chi connectivity index (χ3v) is 5.09. The van der Waals surface area contributed by atoms with Crippen molar-refractivity contribution in [2.75, 3.05) is 0 Å². The Morgan fingerprint density at radius 2 is 1.34 bits per heavy atom. The zero-order valence-corrected chi connectivity index (χ0v) is 15.7. The van der Waals surface area contributed by atoms with E-state index in [1.165, 1.54) is 0 Å². The van der Waals surface area contributed by atoms with Gasteiger partial charge in [0.05, 0.1) is 5.69 Å². The van der Waals surface area contributed by atoms with Gasteiger partial charge in [-0.05, 0) is 29.0 Å². The third-order valence-electron chi connectivity index (χ3n) is 5.09. The third kappa shape index (κ3) is 3.13. The van der Waals surface area contributed by atoms with Gasteiger partial charge in [-0.1, -0.05) is 78.9 Å². The highest BCUT2D eigenvalue weighted by Crippen LogP contribution is 2.26. The summed E-state index contributed by atoms with van der Waals surface area (Å²) in [5.74, 6) is -0.0876. The van der Waals surface area contributed by atoms with Crippen molar-refractivity contribution in [3.63, 3.8) is 0 Å². The van der Waals surface area contributed by atoms with E-state index in [0.29, 0.717) is 11.3 Å². The van der Waals surface area contributed by atoms with E-state index in [-0.39, 0.29) is 5.78 Å². The zero-order chi connectivity index (χ0) is 19.6. The van der Waals surface area contributed by atoms with E-state index in [0.717, 1.165) is 32.9 Å². The Hall–Kier alpha value is -3.98. The summed E-state index contributed by atoms with van der Waals surface area (Å²) in [6.07, 6.45) is 1.87. The highest BCUT2D eigenvalue weighted by Gasteiger charge is 2.21. The highest BCUT2D eigenvalue weighted by molar-refractivity contribution is 6.54. The molecule has 0 saturated carbocycles. The summed E-state index contributed by atoms with van der Waals surface area (Å²) in [5.41, 5.74) is 3.63. The van der Waals surface area contributed by atoms with E-state index in [1.54, 1.807) is 0 Å². The number of nitrogens with zero attached hydrogens (tertiary/aromatic N) is 1. The van der Waals surface area contributed by atoms with Crippen LogP contribution < -0.4 is 0 Å². The fraction of sp³-hybridized carbons (Fsp3) is 0. The van der Waals surface area contributed by atoms with Crippen molar-refractivity contribution < 1.29 is 4.79 Å². The Morgan fingerprint density at radius 1 is 0.655 bits per heavy atom. The first-order chi connectivity index (χ1) is 14.3. The van der Waals surface area contributed by atoms with Crippen molar-refractivity contribution in [3.8, 4) is 0 Å². The van der Waals surface area contributed by atoms with E-state index in [4.69, 9.17) is 4.99 Å². The number of aromatic amines is 1. The van der Waals surface area contributed by atoms with Crippen molar-refractivity contribution in [2.24, 2.45) is 4.99 Å². The molecule has 0 aliphatic heterocycles. The number of rotatable bonds is 4. The summed E-state index contributed by atoms with van der Waals surface area (Å²) in [6, 6.07) is 31.3. The maximum absolute atomic E-state index is 13.8. The Morgan fingerprint density at radius 3 is 2.21 bits per heavy atom. The van der Waals surface area contributed by atoms with Crippen molar-refractivity contribution in [2.45, 2.75) is 0 Å². The average molecular weight is 374 g/mol. The number of Topliss-reactive ketones (excluding diaryl/α,β-unsaturated/α-hetero) is 1. The van der Waals surface area contributed by atoms with E-state index in [9.17, 15) is 4.79 Å². The topological polar surface area (TPSA) is 45.2 Å². The second kappa shape index (κ2) is 7.21. The van der Waals surface area contributed by atoms with Crippen molar-refractivity contribution in [1.82, 2.24) is 4.98 Å². The molecule has 0 aliphatic rings. The fourth-order valence-electron chi connectivity index (χ4n) is 3.68. The van der Waals surface area contributed by atoms with Crippen LogP contribution >= 0.6 is 0 Å². The predicted octanol–water partition coefficient (Wildman–Crippen LogP) is 6.32. The number of H-pyrrole nitrogens is 1. The van der Waals surface area contributed by atoms with E-state index >= 15 is 0 Å². The van der Waals surface area contributed by atoms with Crippen LogP contribution in [0.5, 0.6) is 0 Å². The number of fused-ring (bicyclic) bond motifs is 2. The molecule has 0 unspecified atom stereocenters. The molecule has 0 fully saturated rings. The van der Waals surface area contributed by atoms with Crippen LogP contribution in [0.15, 0.2) is 108 Å². The Balaban J connectivity index is 1.74. The summed E-state index contributed by atoms with van der Waals surface area (Å²) in [6.45, 7) is 0. The first kappa shape index (κ1) is 17.1. The molecule has 0 radical (unpaired) electrons. The van der Waals surface area contributed by atoms with Crippen molar-refractivity contribution in [1.29, 1.82) is 0 Å². The number of aromatic nitrogens is 1. The van der Waals surface area contributed by atoms with Crippen molar-refractivity contribution in [3.05, 3.63) is 114 Å². The molecule has 5 aromatic rings. The molecule has 0 saturated heterocycles. The molecule has 29 heavy (non-hydrogen) atoms. The minimum atomic E-state index is -0.0876.